The van der Waals surface area contributed by atoms with Gasteiger partial charge in [-0.1, -0.05) is 6.07 Å². The first-order valence-electron chi connectivity index (χ1n) is 7.89. The van der Waals surface area contributed by atoms with Gasteiger partial charge < -0.3 is 4.90 Å². The molecule has 1 aliphatic heterocycles. The largest absolute Gasteiger partial charge is 0.331 e. The van der Waals surface area contributed by atoms with Crippen LogP contribution in [0.1, 0.15) is 34.1 Å². The number of aromatic nitrogens is 4. The van der Waals surface area contributed by atoms with Gasteiger partial charge in [-0.3, -0.25) is 14.5 Å². The number of hydrogen-bond donors (Lipinski definition) is 0. The van der Waals surface area contributed by atoms with Crippen LogP contribution in [0, 0.1) is 0 Å². The van der Waals surface area contributed by atoms with Crippen molar-refractivity contribution in [1.29, 1.82) is 0 Å². The van der Waals surface area contributed by atoms with Crippen LogP contribution < -0.4 is 0 Å². The molecule has 1 fully saturated rings. The van der Waals surface area contributed by atoms with Crippen LogP contribution in [0.3, 0.4) is 0 Å². The molecule has 1 amide bonds. The highest BCUT2D eigenvalue weighted by molar-refractivity contribution is 7.16. The number of carbonyl (C=O) groups is 1. The first kappa shape index (κ1) is 15.0. The van der Waals surface area contributed by atoms with Gasteiger partial charge in [-0.25, -0.2) is 4.98 Å². The van der Waals surface area contributed by atoms with Crippen LogP contribution in [0.2, 0.25) is 0 Å². The molecule has 4 heterocycles. The van der Waals surface area contributed by atoms with E-state index in [2.05, 4.69) is 15.1 Å². The van der Waals surface area contributed by atoms with E-state index in [4.69, 9.17) is 0 Å². The molecule has 0 N–H and O–H groups in total. The van der Waals surface area contributed by atoms with E-state index in [1.807, 2.05) is 42.5 Å². The standard InChI is InChI=1S/C17H17N5OS/c1-21-11-12(9-20-21)14-6-4-8-22(14)17(23)15-10-19-16(24-15)13-5-2-3-7-18-13/h2-3,5,7,9-11,14H,4,6,8H2,1H3/t14-/m1/s1. The van der Waals surface area contributed by atoms with E-state index in [0.717, 1.165) is 35.7 Å². The zero-order chi connectivity index (χ0) is 16.5. The maximum atomic E-state index is 12.9. The van der Waals surface area contributed by atoms with Crippen LogP contribution in [0.5, 0.6) is 0 Å². The highest BCUT2D eigenvalue weighted by Crippen LogP contribution is 2.34. The van der Waals surface area contributed by atoms with Crippen LogP contribution in [-0.4, -0.2) is 37.1 Å². The molecule has 6 nitrogen and oxygen atoms in total. The minimum Gasteiger partial charge on any atom is -0.331 e. The summed E-state index contributed by atoms with van der Waals surface area (Å²) in [4.78, 5) is 24.2. The zero-order valence-corrected chi connectivity index (χ0v) is 14.1. The summed E-state index contributed by atoms with van der Waals surface area (Å²) < 4.78 is 1.78. The average molecular weight is 339 g/mol. The van der Waals surface area contributed by atoms with E-state index in [1.54, 1.807) is 17.1 Å². The average Bonchev–Trinajstić information content (AvgIpc) is 3.35. The molecule has 4 rings (SSSR count). The number of carbonyl (C=O) groups excluding carboxylic acids is 1. The topological polar surface area (TPSA) is 63.9 Å². The molecule has 1 aliphatic rings. The molecule has 0 radical (unpaired) electrons. The predicted octanol–water partition coefficient (Wildman–Crippen LogP) is 2.92. The van der Waals surface area contributed by atoms with Gasteiger partial charge >= 0.3 is 0 Å². The lowest BCUT2D eigenvalue weighted by atomic mass is 10.1. The number of rotatable bonds is 3. The quantitative estimate of drug-likeness (QED) is 0.736. The molecule has 0 aromatic carbocycles. The van der Waals surface area contributed by atoms with Gasteiger partial charge in [-0.15, -0.1) is 11.3 Å². The fraction of sp³-hybridized carbons (Fsp3) is 0.294. The van der Waals surface area contributed by atoms with Crippen molar-refractivity contribution in [3.8, 4) is 10.7 Å². The molecule has 0 unspecified atom stereocenters. The SMILES string of the molecule is Cn1cc([C@H]2CCCN2C(=O)c2cnc(-c3ccccn3)s2)cn1. The van der Waals surface area contributed by atoms with Crippen molar-refractivity contribution in [2.75, 3.05) is 6.54 Å². The van der Waals surface area contributed by atoms with Crippen LogP contribution in [0.4, 0.5) is 0 Å². The molecular formula is C17H17N5OS. The normalized spacial score (nSPS) is 17.4. The molecule has 122 valence electrons. The molecule has 0 spiro atoms. The summed E-state index contributed by atoms with van der Waals surface area (Å²) in [5.74, 6) is 0.0426. The molecule has 1 saturated heterocycles. The second-order valence-electron chi connectivity index (χ2n) is 5.85. The summed E-state index contributed by atoms with van der Waals surface area (Å²) in [6, 6.07) is 5.80. The van der Waals surface area contributed by atoms with Gasteiger partial charge in [0.2, 0.25) is 0 Å². The number of nitrogens with zero attached hydrogens (tertiary/aromatic N) is 5. The Balaban J connectivity index is 1.58. The highest BCUT2D eigenvalue weighted by atomic mass is 32.1. The van der Waals surface area contributed by atoms with Gasteiger partial charge in [0, 0.05) is 31.5 Å². The van der Waals surface area contributed by atoms with Crippen molar-refractivity contribution >= 4 is 17.2 Å². The number of pyridine rings is 1. The van der Waals surface area contributed by atoms with Crippen molar-refractivity contribution in [2.45, 2.75) is 18.9 Å². The Hall–Kier alpha value is -2.54. The molecule has 1 atom stereocenters. The Morgan fingerprint density at radius 3 is 2.96 bits per heavy atom. The Kier molecular flexibility index (Phi) is 3.86. The smallest absolute Gasteiger partial charge is 0.266 e. The minimum atomic E-state index is 0.0426. The van der Waals surface area contributed by atoms with Gasteiger partial charge in [0.25, 0.3) is 5.91 Å². The van der Waals surface area contributed by atoms with E-state index in [1.165, 1.54) is 11.3 Å². The highest BCUT2D eigenvalue weighted by Gasteiger charge is 2.32. The third-order valence-corrected chi connectivity index (χ3v) is 5.23. The minimum absolute atomic E-state index is 0.0426. The van der Waals surface area contributed by atoms with E-state index >= 15 is 0 Å². The first-order chi connectivity index (χ1) is 11.7. The summed E-state index contributed by atoms with van der Waals surface area (Å²) in [7, 11) is 1.90. The lowest BCUT2D eigenvalue weighted by Gasteiger charge is -2.23. The summed E-state index contributed by atoms with van der Waals surface area (Å²) in [6.07, 6.45) is 9.22. The fourth-order valence-corrected chi connectivity index (χ4v) is 3.94. The third kappa shape index (κ3) is 2.71. The Bertz CT molecular complexity index is 857. The fourth-order valence-electron chi connectivity index (χ4n) is 3.09. The molecule has 24 heavy (non-hydrogen) atoms. The van der Waals surface area contributed by atoms with Crippen molar-refractivity contribution in [3.63, 3.8) is 0 Å². The van der Waals surface area contributed by atoms with Gasteiger partial charge in [0.05, 0.1) is 24.1 Å². The number of thiazole rings is 1. The van der Waals surface area contributed by atoms with Crippen molar-refractivity contribution in [2.24, 2.45) is 7.05 Å². The van der Waals surface area contributed by atoms with Crippen LogP contribution in [-0.2, 0) is 7.05 Å². The van der Waals surface area contributed by atoms with Gasteiger partial charge in [0.15, 0.2) is 0 Å². The number of hydrogen-bond acceptors (Lipinski definition) is 5. The van der Waals surface area contributed by atoms with Crippen molar-refractivity contribution in [1.82, 2.24) is 24.6 Å². The van der Waals surface area contributed by atoms with Gasteiger partial charge in [0.1, 0.15) is 9.88 Å². The summed E-state index contributed by atoms with van der Waals surface area (Å²) in [5.41, 5.74) is 1.89. The van der Waals surface area contributed by atoms with Crippen LogP contribution in [0.15, 0.2) is 43.0 Å². The Morgan fingerprint density at radius 2 is 2.21 bits per heavy atom. The van der Waals surface area contributed by atoms with E-state index < -0.39 is 0 Å². The lowest BCUT2D eigenvalue weighted by molar-refractivity contribution is 0.0740. The van der Waals surface area contributed by atoms with E-state index in [-0.39, 0.29) is 11.9 Å². The molecule has 3 aromatic rings. The van der Waals surface area contributed by atoms with Crippen molar-refractivity contribution in [3.05, 3.63) is 53.4 Å². The monoisotopic (exact) mass is 339 g/mol. The number of amides is 1. The molecule has 0 aliphatic carbocycles. The predicted molar refractivity (Wildman–Crippen MR) is 91.6 cm³/mol. The summed E-state index contributed by atoms with van der Waals surface area (Å²) >= 11 is 1.40. The first-order valence-corrected chi connectivity index (χ1v) is 8.71. The number of aryl methyl sites for hydroxylation is 1. The molecule has 7 heteroatoms. The Labute approximate surface area is 143 Å². The number of likely N-dealkylation sites (tertiary alicyclic amines) is 1. The third-order valence-electron chi connectivity index (χ3n) is 4.22. The van der Waals surface area contributed by atoms with Crippen molar-refractivity contribution < 1.29 is 4.79 Å². The second kappa shape index (κ2) is 6.16. The molecule has 3 aromatic heterocycles. The summed E-state index contributed by atoms with van der Waals surface area (Å²) in [6.45, 7) is 0.773. The van der Waals surface area contributed by atoms with E-state index in [9.17, 15) is 4.79 Å². The zero-order valence-electron chi connectivity index (χ0n) is 13.3. The van der Waals surface area contributed by atoms with Gasteiger partial charge in [-0.05, 0) is 25.0 Å². The second-order valence-corrected chi connectivity index (χ2v) is 6.88. The van der Waals surface area contributed by atoms with E-state index in [0.29, 0.717) is 4.88 Å². The molecule has 0 bridgehead atoms. The maximum absolute atomic E-state index is 12.9. The Morgan fingerprint density at radius 1 is 1.29 bits per heavy atom. The molecule has 0 saturated carbocycles. The van der Waals surface area contributed by atoms with Gasteiger partial charge in [-0.2, -0.15) is 5.10 Å². The van der Waals surface area contributed by atoms with Crippen LogP contribution >= 0.6 is 11.3 Å². The maximum Gasteiger partial charge on any atom is 0.266 e. The molecular weight excluding hydrogens is 322 g/mol. The van der Waals surface area contributed by atoms with Crippen LogP contribution in [0.25, 0.3) is 10.7 Å². The lowest BCUT2D eigenvalue weighted by Crippen LogP contribution is -2.29. The summed E-state index contributed by atoms with van der Waals surface area (Å²) in [5, 5.41) is 5.01.